The molecule has 0 spiro atoms. The van der Waals surface area contributed by atoms with Crippen molar-refractivity contribution in [3.05, 3.63) is 0 Å². The molecular weight excluding hydrogens is 90.1 g/mol. The van der Waals surface area contributed by atoms with Crippen LogP contribution in [0.3, 0.4) is 0 Å². The molecule has 0 N–H and O–H groups in total. The maximum absolute atomic E-state index is 4.84. The molecule has 2 heteroatoms. The van der Waals surface area contributed by atoms with E-state index in [0.717, 1.165) is 13.3 Å². The van der Waals surface area contributed by atoms with Crippen molar-refractivity contribution < 1.29 is 4.84 Å². The summed E-state index contributed by atoms with van der Waals surface area (Å²) >= 11 is 0. The lowest BCUT2D eigenvalue weighted by atomic mass is 10.3. The highest BCUT2D eigenvalue weighted by Gasteiger charge is 2.16. The van der Waals surface area contributed by atoms with E-state index in [9.17, 15) is 0 Å². The SMILES string of the molecule is CCCCN1CO1. The third-order valence-corrected chi connectivity index (χ3v) is 1.07. The third-order valence-electron chi connectivity index (χ3n) is 1.07. The summed E-state index contributed by atoms with van der Waals surface area (Å²) in [6.07, 6.45) is 2.53. The van der Waals surface area contributed by atoms with Gasteiger partial charge in [-0.05, 0) is 6.42 Å². The van der Waals surface area contributed by atoms with Crippen molar-refractivity contribution in [2.45, 2.75) is 19.8 Å². The molecule has 0 aromatic rings. The van der Waals surface area contributed by atoms with Gasteiger partial charge in [0, 0.05) is 6.54 Å². The van der Waals surface area contributed by atoms with Crippen molar-refractivity contribution >= 4 is 0 Å². The summed E-state index contributed by atoms with van der Waals surface area (Å²) < 4.78 is 0. The Morgan fingerprint density at radius 2 is 2.43 bits per heavy atom. The first kappa shape index (κ1) is 5.06. The molecule has 1 aliphatic heterocycles. The molecule has 1 rings (SSSR count). The van der Waals surface area contributed by atoms with E-state index in [1.54, 1.807) is 0 Å². The van der Waals surface area contributed by atoms with E-state index in [4.69, 9.17) is 4.84 Å². The molecule has 1 saturated heterocycles. The maximum Gasteiger partial charge on any atom is 0.144 e. The third kappa shape index (κ3) is 1.90. The summed E-state index contributed by atoms with van der Waals surface area (Å²) in [4.78, 5) is 4.84. The summed E-state index contributed by atoms with van der Waals surface area (Å²) in [5, 5.41) is 1.96. The van der Waals surface area contributed by atoms with E-state index in [-0.39, 0.29) is 0 Å². The van der Waals surface area contributed by atoms with Gasteiger partial charge in [0.2, 0.25) is 0 Å². The zero-order valence-corrected chi connectivity index (χ0v) is 4.68. The van der Waals surface area contributed by atoms with Crippen LogP contribution in [-0.4, -0.2) is 18.3 Å². The first-order chi connectivity index (χ1) is 3.43. The van der Waals surface area contributed by atoms with Gasteiger partial charge in [-0.3, -0.25) is 4.84 Å². The molecule has 1 unspecified atom stereocenters. The Bertz CT molecular complexity index is 52.0. The lowest BCUT2D eigenvalue weighted by molar-refractivity contribution is 0.198. The van der Waals surface area contributed by atoms with E-state index < -0.39 is 0 Å². The van der Waals surface area contributed by atoms with Crippen LogP contribution in [0.2, 0.25) is 0 Å². The van der Waals surface area contributed by atoms with E-state index in [1.165, 1.54) is 12.8 Å². The first-order valence-corrected chi connectivity index (χ1v) is 2.81. The molecular formula is C5H11NO. The molecule has 0 saturated carbocycles. The van der Waals surface area contributed by atoms with E-state index in [1.807, 2.05) is 5.06 Å². The summed E-state index contributed by atoms with van der Waals surface area (Å²) in [6.45, 7) is 4.17. The Labute approximate surface area is 44.0 Å². The highest BCUT2D eigenvalue weighted by molar-refractivity contribution is 4.45. The Kier molecular flexibility index (Phi) is 1.65. The number of nitrogens with zero attached hydrogens (tertiary/aromatic N) is 1. The van der Waals surface area contributed by atoms with Crippen LogP contribution in [0.15, 0.2) is 0 Å². The van der Waals surface area contributed by atoms with Crippen LogP contribution in [0, 0.1) is 0 Å². The molecule has 42 valence electrons. The Balaban J connectivity index is 1.80. The van der Waals surface area contributed by atoms with Crippen LogP contribution in [0.4, 0.5) is 0 Å². The zero-order valence-electron chi connectivity index (χ0n) is 4.68. The Hall–Kier alpha value is -0.0800. The number of hydrogen-bond acceptors (Lipinski definition) is 2. The molecule has 1 aliphatic rings. The fourth-order valence-electron chi connectivity index (χ4n) is 0.504. The van der Waals surface area contributed by atoms with Gasteiger partial charge in [-0.2, -0.15) is 5.06 Å². The first-order valence-electron chi connectivity index (χ1n) is 2.81. The number of hydroxylamine groups is 2. The Morgan fingerprint density at radius 3 is 2.86 bits per heavy atom. The van der Waals surface area contributed by atoms with Gasteiger partial charge >= 0.3 is 0 Å². The predicted molar refractivity (Wildman–Crippen MR) is 27.6 cm³/mol. The van der Waals surface area contributed by atoms with Gasteiger partial charge in [0.1, 0.15) is 6.73 Å². The maximum atomic E-state index is 4.84. The number of rotatable bonds is 3. The quantitative estimate of drug-likeness (QED) is 0.493. The van der Waals surface area contributed by atoms with E-state index in [0.29, 0.717) is 0 Å². The van der Waals surface area contributed by atoms with Crippen molar-refractivity contribution in [2.24, 2.45) is 0 Å². The van der Waals surface area contributed by atoms with Crippen LogP contribution < -0.4 is 0 Å². The van der Waals surface area contributed by atoms with Gasteiger partial charge in [-0.25, -0.2) is 0 Å². The fourth-order valence-corrected chi connectivity index (χ4v) is 0.504. The molecule has 7 heavy (non-hydrogen) atoms. The second kappa shape index (κ2) is 2.28. The summed E-state index contributed by atoms with van der Waals surface area (Å²) in [6, 6.07) is 0. The highest BCUT2D eigenvalue weighted by Crippen LogP contribution is 2.06. The topological polar surface area (TPSA) is 15.5 Å². The van der Waals surface area contributed by atoms with Gasteiger partial charge < -0.3 is 0 Å². The van der Waals surface area contributed by atoms with Crippen molar-refractivity contribution in [1.29, 1.82) is 0 Å². The minimum atomic E-state index is 0.861. The number of unbranched alkanes of at least 4 members (excludes halogenated alkanes) is 1. The second-order valence-electron chi connectivity index (χ2n) is 1.82. The summed E-state index contributed by atoms with van der Waals surface area (Å²) in [5.41, 5.74) is 0. The van der Waals surface area contributed by atoms with Crippen LogP contribution in [0.5, 0.6) is 0 Å². The predicted octanol–water partition coefficient (Wildman–Crippen LogP) is 0.991. The minimum Gasteiger partial charge on any atom is -0.279 e. The van der Waals surface area contributed by atoms with E-state index >= 15 is 0 Å². The molecule has 0 aliphatic carbocycles. The molecule has 0 amide bonds. The van der Waals surface area contributed by atoms with Gasteiger partial charge in [-0.15, -0.1) is 0 Å². The molecule has 0 aromatic carbocycles. The molecule has 0 radical (unpaired) electrons. The van der Waals surface area contributed by atoms with Crippen molar-refractivity contribution in [1.82, 2.24) is 5.06 Å². The van der Waals surface area contributed by atoms with Crippen LogP contribution >= 0.6 is 0 Å². The smallest absolute Gasteiger partial charge is 0.144 e. The van der Waals surface area contributed by atoms with Crippen LogP contribution in [0.1, 0.15) is 19.8 Å². The standard InChI is InChI=1S/C5H11NO/c1-2-3-4-6-5-7-6/h2-5H2,1H3. The molecule has 0 bridgehead atoms. The summed E-state index contributed by atoms with van der Waals surface area (Å²) in [5.74, 6) is 0. The van der Waals surface area contributed by atoms with Gasteiger partial charge in [0.25, 0.3) is 0 Å². The average Bonchev–Trinajstić information content (AvgIpc) is 2.42. The van der Waals surface area contributed by atoms with Crippen molar-refractivity contribution in [3.8, 4) is 0 Å². The largest absolute Gasteiger partial charge is 0.279 e. The van der Waals surface area contributed by atoms with Gasteiger partial charge in [0.05, 0.1) is 0 Å². The zero-order chi connectivity index (χ0) is 5.11. The van der Waals surface area contributed by atoms with E-state index in [2.05, 4.69) is 6.92 Å². The minimum absolute atomic E-state index is 0.861. The molecule has 1 heterocycles. The highest BCUT2D eigenvalue weighted by atomic mass is 16.8. The fraction of sp³-hybridized carbons (Fsp3) is 1.00. The van der Waals surface area contributed by atoms with Gasteiger partial charge in [0.15, 0.2) is 0 Å². The lowest BCUT2D eigenvalue weighted by Gasteiger charge is -1.89. The second-order valence-corrected chi connectivity index (χ2v) is 1.82. The van der Waals surface area contributed by atoms with Crippen molar-refractivity contribution in [2.75, 3.05) is 13.3 Å². The lowest BCUT2D eigenvalue weighted by Crippen LogP contribution is -1.96. The monoisotopic (exact) mass is 101 g/mol. The average molecular weight is 101 g/mol. The normalized spacial score (nSPS) is 27.9. The van der Waals surface area contributed by atoms with Gasteiger partial charge in [-0.1, -0.05) is 13.3 Å². The van der Waals surface area contributed by atoms with Crippen LogP contribution in [0.25, 0.3) is 0 Å². The molecule has 2 nitrogen and oxygen atoms in total. The molecule has 1 atom stereocenters. The Morgan fingerprint density at radius 1 is 1.71 bits per heavy atom. The number of hydrogen-bond donors (Lipinski definition) is 0. The molecule has 0 aromatic heterocycles. The molecule has 1 fully saturated rings. The van der Waals surface area contributed by atoms with Crippen LogP contribution in [-0.2, 0) is 4.84 Å². The van der Waals surface area contributed by atoms with Crippen molar-refractivity contribution in [3.63, 3.8) is 0 Å². The summed E-state index contributed by atoms with van der Waals surface area (Å²) in [7, 11) is 0.